The van der Waals surface area contributed by atoms with Crippen LogP contribution in [0.2, 0.25) is 0 Å². The number of hydrogen-bond acceptors (Lipinski definition) is 1. The number of benzene rings is 2. The Bertz CT molecular complexity index is 1010. The van der Waals surface area contributed by atoms with E-state index in [1.165, 1.54) is 38.6 Å². The van der Waals surface area contributed by atoms with Gasteiger partial charge in [0.15, 0.2) is 0 Å². The molecule has 96 valence electrons. The van der Waals surface area contributed by atoms with Crippen molar-refractivity contribution in [3.63, 3.8) is 0 Å². The molecule has 0 aliphatic carbocycles. The van der Waals surface area contributed by atoms with Crippen molar-refractivity contribution in [1.82, 2.24) is 9.38 Å². The summed E-state index contributed by atoms with van der Waals surface area (Å²) in [6, 6.07) is 15.3. The molecule has 0 N–H and O–H groups in total. The van der Waals surface area contributed by atoms with Crippen molar-refractivity contribution < 1.29 is 0 Å². The van der Waals surface area contributed by atoms with Crippen molar-refractivity contribution in [2.75, 3.05) is 0 Å². The van der Waals surface area contributed by atoms with E-state index >= 15 is 0 Å². The molecule has 0 unspecified atom stereocenters. The van der Waals surface area contributed by atoms with Crippen molar-refractivity contribution in [2.24, 2.45) is 0 Å². The minimum Gasteiger partial charge on any atom is -0.296 e. The van der Waals surface area contributed by atoms with Crippen molar-refractivity contribution in [3.05, 3.63) is 59.4 Å². The van der Waals surface area contributed by atoms with Gasteiger partial charge in [0, 0.05) is 16.5 Å². The van der Waals surface area contributed by atoms with Crippen LogP contribution in [0.1, 0.15) is 17.0 Å². The van der Waals surface area contributed by atoms with E-state index in [-0.39, 0.29) is 0 Å². The fourth-order valence-corrected chi connectivity index (χ4v) is 3.72. The van der Waals surface area contributed by atoms with E-state index in [1.807, 2.05) is 0 Å². The summed E-state index contributed by atoms with van der Waals surface area (Å²) >= 11 is 0. The van der Waals surface area contributed by atoms with Crippen LogP contribution in [0.3, 0.4) is 0 Å². The maximum atomic E-state index is 4.86. The Balaban J connectivity index is 2.26. The number of aryl methyl sites for hydroxylation is 3. The number of pyridine rings is 1. The van der Waals surface area contributed by atoms with E-state index in [4.69, 9.17) is 4.98 Å². The average Bonchev–Trinajstić information content (AvgIpc) is 2.84. The summed E-state index contributed by atoms with van der Waals surface area (Å²) in [4.78, 5) is 4.86. The number of rotatable bonds is 0. The van der Waals surface area contributed by atoms with Crippen LogP contribution >= 0.6 is 0 Å². The van der Waals surface area contributed by atoms with Crippen LogP contribution in [0, 0.1) is 6.92 Å². The molecule has 1 aliphatic heterocycles. The summed E-state index contributed by atoms with van der Waals surface area (Å²) in [5.41, 5.74) is 6.49. The van der Waals surface area contributed by atoms with E-state index in [0.29, 0.717) is 0 Å². The lowest BCUT2D eigenvalue weighted by atomic mass is 9.97. The molecule has 0 saturated carbocycles. The summed E-state index contributed by atoms with van der Waals surface area (Å²) in [7, 11) is 0. The summed E-state index contributed by atoms with van der Waals surface area (Å²) in [5, 5.41) is 3.92. The molecule has 0 radical (unpaired) electrons. The molecule has 0 saturated heterocycles. The van der Waals surface area contributed by atoms with Crippen LogP contribution in [0.5, 0.6) is 0 Å². The molecule has 2 heteroatoms. The molecule has 4 aromatic rings. The third-order valence-corrected chi connectivity index (χ3v) is 4.61. The van der Waals surface area contributed by atoms with Gasteiger partial charge in [-0.1, -0.05) is 42.5 Å². The molecule has 0 amide bonds. The largest absolute Gasteiger partial charge is 0.296 e. The zero-order chi connectivity index (χ0) is 13.3. The Kier molecular flexibility index (Phi) is 1.77. The minimum absolute atomic E-state index is 1.09. The van der Waals surface area contributed by atoms with Crippen molar-refractivity contribution in [2.45, 2.75) is 19.8 Å². The van der Waals surface area contributed by atoms with Crippen LogP contribution in [0.25, 0.3) is 27.3 Å². The first-order chi connectivity index (χ1) is 9.84. The Morgan fingerprint density at radius 2 is 1.70 bits per heavy atom. The first kappa shape index (κ1) is 10.4. The fourth-order valence-electron chi connectivity index (χ4n) is 3.72. The van der Waals surface area contributed by atoms with E-state index in [1.54, 1.807) is 0 Å². The summed E-state index contributed by atoms with van der Waals surface area (Å²) in [6.45, 7) is 2.14. The molecule has 2 nitrogen and oxygen atoms in total. The van der Waals surface area contributed by atoms with Crippen molar-refractivity contribution in [1.29, 1.82) is 0 Å². The standard InChI is InChI=1S/C18H14N2/c1-11-16-10-9-12-5-4-8-14-13-6-2-3-7-15(13)18(19-11)20(16)17(12)14/h2-8H,9-10H2,1H3. The molecule has 0 spiro atoms. The lowest BCUT2D eigenvalue weighted by Gasteiger charge is -2.18. The summed E-state index contributed by atoms with van der Waals surface area (Å²) < 4.78 is 2.39. The molecular formula is C18H14N2. The van der Waals surface area contributed by atoms with Gasteiger partial charge in [0.2, 0.25) is 0 Å². The Morgan fingerprint density at radius 3 is 2.60 bits per heavy atom. The quantitative estimate of drug-likeness (QED) is 0.435. The first-order valence-electron chi connectivity index (χ1n) is 7.15. The second kappa shape index (κ2) is 3.40. The van der Waals surface area contributed by atoms with Gasteiger partial charge in [-0.25, -0.2) is 4.98 Å². The summed E-state index contributed by atoms with van der Waals surface area (Å²) in [5.74, 6) is 0. The Labute approximate surface area is 116 Å². The predicted molar refractivity (Wildman–Crippen MR) is 82.3 cm³/mol. The van der Waals surface area contributed by atoms with Gasteiger partial charge in [-0.2, -0.15) is 0 Å². The topological polar surface area (TPSA) is 17.3 Å². The lowest BCUT2D eigenvalue weighted by Crippen LogP contribution is -2.07. The van der Waals surface area contributed by atoms with Gasteiger partial charge >= 0.3 is 0 Å². The number of aromatic nitrogens is 2. The number of hydrogen-bond donors (Lipinski definition) is 0. The Hall–Kier alpha value is -2.35. The normalized spacial score (nSPS) is 13.8. The van der Waals surface area contributed by atoms with Crippen molar-refractivity contribution >= 4 is 27.3 Å². The zero-order valence-electron chi connectivity index (χ0n) is 11.4. The van der Waals surface area contributed by atoms with E-state index < -0.39 is 0 Å². The van der Waals surface area contributed by atoms with Crippen molar-refractivity contribution in [3.8, 4) is 0 Å². The fraction of sp³-hybridized carbons (Fsp3) is 0.167. The van der Waals surface area contributed by atoms with E-state index in [9.17, 15) is 0 Å². The van der Waals surface area contributed by atoms with Crippen LogP contribution < -0.4 is 0 Å². The number of imidazole rings is 1. The highest BCUT2D eigenvalue weighted by atomic mass is 15.0. The Morgan fingerprint density at radius 1 is 0.900 bits per heavy atom. The van der Waals surface area contributed by atoms with Gasteiger partial charge < -0.3 is 0 Å². The van der Waals surface area contributed by atoms with Gasteiger partial charge in [0.05, 0.1) is 11.2 Å². The molecule has 2 aromatic heterocycles. The highest BCUT2D eigenvalue weighted by molar-refractivity contribution is 6.12. The van der Waals surface area contributed by atoms with E-state index in [0.717, 1.165) is 18.5 Å². The van der Waals surface area contributed by atoms with Gasteiger partial charge in [0.25, 0.3) is 0 Å². The maximum absolute atomic E-state index is 4.86. The predicted octanol–water partition coefficient (Wildman–Crippen LogP) is 4.05. The molecule has 3 heterocycles. The number of nitrogens with zero attached hydrogens (tertiary/aromatic N) is 2. The molecule has 0 atom stereocenters. The van der Waals surface area contributed by atoms with E-state index in [2.05, 4.69) is 53.8 Å². The second-order valence-electron chi connectivity index (χ2n) is 5.66. The average molecular weight is 258 g/mol. The van der Waals surface area contributed by atoms with Crippen LogP contribution in [-0.4, -0.2) is 9.38 Å². The third kappa shape index (κ3) is 1.08. The van der Waals surface area contributed by atoms with Crippen LogP contribution in [-0.2, 0) is 12.8 Å². The van der Waals surface area contributed by atoms with Gasteiger partial charge in [-0.05, 0) is 30.7 Å². The van der Waals surface area contributed by atoms with Gasteiger partial charge in [0.1, 0.15) is 5.65 Å². The molecular weight excluding hydrogens is 244 g/mol. The van der Waals surface area contributed by atoms with Gasteiger partial charge in [-0.15, -0.1) is 0 Å². The lowest BCUT2D eigenvalue weighted by molar-refractivity contribution is 0.866. The molecule has 0 fully saturated rings. The highest BCUT2D eigenvalue weighted by Crippen LogP contribution is 2.35. The number of para-hydroxylation sites is 1. The zero-order valence-corrected chi connectivity index (χ0v) is 11.4. The number of fused-ring (bicyclic) bond motifs is 3. The molecule has 2 aromatic carbocycles. The molecule has 1 aliphatic rings. The molecule has 0 bridgehead atoms. The van der Waals surface area contributed by atoms with Crippen LogP contribution in [0.4, 0.5) is 0 Å². The third-order valence-electron chi connectivity index (χ3n) is 4.61. The van der Waals surface area contributed by atoms with Crippen LogP contribution in [0.15, 0.2) is 42.5 Å². The smallest absolute Gasteiger partial charge is 0.145 e. The van der Waals surface area contributed by atoms with Gasteiger partial charge in [-0.3, -0.25) is 4.40 Å². The highest BCUT2D eigenvalue weighted by Gasteiger charge is 2.20. The summed E-state index contributed by atoms with van der Waals surface area (Å²) in [6.07, 6.45) is 2.22. The second-order valence-corrected chi connectivity index (χ2v) is 5.66. The first-order valence-corrected chi connectivity index (χ1v) is 7.15. The monoisotopic (exact) mass is 258 g/mol. The minimum atomic E-state index is 1.09. The molecule has 5 rings (SSSR count). The SMILES string of the molecule is Cc1nc2c3ccccc3c3cccc4c3n2c1CC4. The maximum Gasteiger partial charge on any atom is 0.145 e. The molecule has 20 heavy (non-hydrogen) atoms.